The lowest BCUT2D eigenvalue weighted by molar-refractivity contribution is 0.596. The second kappa shape index (κ2) is 5.09. The van der Waals surface area contributed by atoms with Crippen molar-refractivity contribution in [1.29, 1.82) is 0 Å². The molecule has 16 heavy (non-hydrogen) atoms. The molecule has 2 rings (SSSR count). The molecule has 1 nitrogen and oxygen atoms in total. The summed E-state index contributed by atoms with van der Waals surface area (Å²) in [5.74, 6) is 0. The van der Waals surface area contributed by atoms with Crippen molar-refractivity contribution in [2.45, 2.75) is 0 Å². The van der Waals surface area contributed by atoms with Gasteiger partial charge in [0.2, 0.25) is 6.34 Å². The van der Waals surface area contributed by atoms with E-state index in [-0.39, 0.29) is 0 Å². The van der Waals surface area contributed by atoms with Crippen LogP contribution < -0.4 is 10.6 Å². The van der Waals surface area contributed by atoms with Crippen molar-refractivity contribution < 1.29 is 4.57 Å². The quantitative estimate of drug-likeness (QED) is 0.788. The fourth-order valence-electron chi connectivity index (χ4n) is 1.48. The van der Waals surface area contributed by atoms with Crippen LogP contribution in [0.5, 0.6) is 0 Å². The Morgan fingerprint density at radius 3 is 1.50 bits per heavy atom. The van der Waals surface area contributed by atoms with E-state index in [1.807, 2.05) is 60.7 Å². The maximum absolute atomic E-state index is 12.8. The molecule has 0 spiro atoms. The average molecular weight is 269 g/mol. The Morgan fingerprint density at radius 2 is 1.19 bits per heavy atom. The lowest BCUT2D eigenvalue weighted by Gasteiger charge is -2.14. The molecule has 82 valence electrons. The lowest BCUT2D eigenvalue weighted by Crippen LogP contribution is -2.12. The van der Waals surface area contributed by atoms with Crippen LogP contribution in [0.25, 0.3) is 0 Å². The molecular weight excluding hydrogens is 259 g/mol. The van der Waals surface area contributed by atoms with Gasteiger partial charge >= 0.3 is 0 Å². The third-order valence-corrected chi connectivity index (χ3v) is 8.04. The summed E-state index contributed by atoms with van der Waals surface area (Å²) in [5, 5.41) is 1.56. The smallest absolute Gasteiger partial charge is 0.209 e. The van der Waals surface area contributed by atoms with Gasteiger partial charge in [-0.15, -0.1) is 0 Å². The molecule has 0 aromatic heterocycles. The zero-order valence-electron chi connectivity index (χ0n) is 8.42. The molecule has 0 aliphatic heterocycles. The molecule has 0 saturated heterocycles. The van der Waals surface area contributed by atoms with E-state index >= 15 is 0 Å². The van der Waals surface area contributed by atoms with Crippen LogP contribution in [0.15, 0.2) is 60.7 Å². The van der Waals surface area contributed by atoms with Crippen LogP contribution in [-0.4, -0.2) is 0 Å². The van der Waals surface area contributed by atoms with E-state index in [1.54, 1.807) is 0 Å². The summed E-state index contributed by atoms with van der Waals surface area (Å²) in [6.07, 6.45) is -2.72. The molecule has 0 aliphatic carbocycles. The Balaban J connectivity index is 2.54. The van der Waals surface area contributed by atoms with Gasteiger partial charge in [-0.25, -0.2) is 0 Å². The summed E-state index contributed by atoms with van der Waals surface area (Å²) in [6.45, 7) is 0. The predicted octanol–water partition coefficient (Wildman–Crippen LogP) is 3.80. The molecular formula is C12H10ClOPS. The first kappa shape index (κ1) is 11.8. The number of hydrogen-bond acceptors (Lipinski definition) is 2. The average Bonchev–Trinajstić information content (AvgIpc) is 2.40. The SMILES string of the molecule is O=P(SCl)(c1ccccc1)c1ccccc1. The molecule has 0 aliphatic rings. The standard InChI is InChI=1S/C12H10ClOPS/c13-16-15(14,11-7-3-1-4-8-11)12-9-5-2-6-10-12/h1-10H. The van der Waals surface area contributed by atoms with Crippen LogP contribution in [0.4, 0.5) is 0 Å². The molecule has 0 unspecified atom stereocenters. The minimum Gasteiger partial charge on any atom is -0.301 e. The summed E-state index contributed by atoms with van der Waals surface area (Å²) in [5.41, 5.74) is 0. The molecule has 0 bridgehead atoms. The summed E-state index contributed by atoms with van der Waals surface area (Å²) in [4.78, 5) is 0. The predicted molar refractivity (Wildman–Crippen MR) is 73.2 cm³/mol. The van der Waals surface area contributed by atoms with Gasteiger partial charge in [0.15, 0.2) is 0 Å². The zero-order chi connectivity index (χ0) is 11.4. The Morgan fingerprint density at radius 1 is 0.812 bits per heavy atom. The molecule has 2 aromatic carbocycles. The second-order valence-electron chi connectivity index (χ2n) is 3.29. The molecule has 0 fully saturated rings. The largest absolute Gasteiger partial charge is 0.301 e. The molecule has 0 atom stereocenters. The lowest BCUT2D eigenvalue weighted by atomic mass is 10.4. The van der Waals surface area contributed by atoms with Gasteiger partial charge in [-0.05, 0) is 10.7 Å². The van der Waals surface area contributed by atoms with Crippen LogP contribution in [0.1, 0.15) is 0 Å². The van der Waals surface area contributed by atoms with Crippen LogP contribution in [0, 0.1) is 0 Å². The van der Waals surface area contributed by atoms with E-state index in [0.29, 0.717) is 0 Å². The van der Waals surface area contributed by atoms with Gasteiger partial charge in [-0.2, -0.15) is 0 Å². The molecule has 0 heterocycles. The van der Waals surface area contributed by atoms with Gasteiger partial charge in [-0.1, -0.05) is 60.7 Å². The number of benzene rings is 2. The van der Waals surface area contributed by atoms with E-state index in [4.69, 9.17) is 10.7 Å². The van der Waals surface area contributed by atoms with E-state index in [1.165, 1.54) is 0 Å². The highest BCUT2D eigenvalue weighted by Crippen LogP contribution is 2.58. The summed E-state index contributed by atoms with van der Waals surface area (Å²) in [6, 6.07) is 18.7. The first-order valence-electron chi connectivity index (χ1n) is 4.79. The van der Waals surface area contributed by atoms with Gasteiger partial charge in [0, 0.05) is 21.2 Å². The van der Waals surface area contributed by atoms with Crippen molar-refractivity contribution in [2.24, 2.45) is 0 Å². The highest BCUT2D eigenvalue weighted by atomic mass is 35.7. The highest BCUT2D eigenvalue weighted by molar-refractivity contribution is 8.72. The number of rotatable bonds is 3. The number of halogens is 1. The third kappa shape index (κ3) is 2.20. The summed E-state index contributed by atoms with van der Waals surface area (Å²) < 4.78 is 12.8. The van der Waals surface area contributed by atoms with Crippen molar-refractivity contribution in [2.75, 3.05) is 0 Å². The number of hydrogen-bond donors (Lipinski definition) is 0. The molecule has 0 amide bonds. The Labute approximate surface area is 103 Å². The molecule has 0 saturated carbocycles. The highest BCUT2D eigenvalue weighted by Gasteiger charge is 2.26. The third-order valence-electron chi connectivity index (χ3n) is 2.29. The maximum atomic E-state index is 12.8. The van der Waals surface area contributed by atoms with Gasteiger partial charge < -0.3 is 4.57 Å². The van der Waals surface area contributed by atoms with Crippen molar-refractivity contribution >= 4 is 38.2 Å². The van der Waals surface area contributed by atoms with Gasteiger partial charge in [0.05, 0.1) is 0 Å². The minimum atomic E-state index is -2.72. The second-order valence-corrected chi connectivity index (χ2v) is 8.76. The van der Waals surface area contributed by atoms with Crippen molar-refractivity contribution in [1.82, 2.24) is 0 Å². The Bertz CT molecular complexity index is 457. The van der Waals surface area contributed by atoms with Crippen LogP contribution in [0.2, 0.25) is 0 Å². The van der Waals surface area contributed by atoms with Gasteiger partial charge in [0.1, 0.15) is 0 Å². The van der Waals surface area contributed by atoms with Gasteiger partial charge in [0.25, 0.3) is 0 Å². The molecule has 0 radical (unpaired) electrons. The first-order chi connectivity index (χ1) is 7.77. The van der Waals surface area contributed by atoms with Crippen molar-refractivity contribution in [3.8, 4) is 0 Å². The summed E-state index contributed by atoms with van der Waals surface area (Å²) >= 11 is 0. The first-order valence-corrected chi connectivity index (χ1v) is 8.74. The zero-order valence-corrected chi connectivity index (χ0v) is 10.9. The fraction of sp³-hybridized carbons (Fsp3) is 0. The molecule has 2 aromatic rings. The van der Waals surface area contributed by atoms with Crippen LogP contribution >= 0.6 is 27.6 Å². The normalized spacial score (nSPS) is 11.3. The van der Waals surface area contributed by atoms with E-state index in [9.17, 15) is 4.57 Å². The summed E-state index contributed by atoms with van der Waals surface area (Å²) in [7, 11) is 6.74. The van der Waals surface area contributed by atoms with Crippen molar-refractivity contribution in [3.63, 3.8) is 0 Å². The van der Waals surface area contributed by atoms with Gasteiger partial charge in [-0.3, -0.25) is 0 Å². The molecule has 4 heteroatoms. The molecule has 0 N–H and O–H groups in total. The minimum absolute atomic E-state index is 0.779. The Hall–Kier alpha value is -0.690. The van der Waals surface area contributed by atoms with Crippen LogP contribution in [0.3, 0.4) is 0 Å². The van der Waals surface area contributed by atoms with E-state index in [2.05, 4.69) is 0 Å². The van der Waals surface area contributed by atoms with Crippen LogP contribution in [-0.2, 0) is 4.57 Å². The monoisotopic (exact) mass is 268 g/mol. The topological polar surface area (TPSA) is 17.1 Å². The Kier molecular flexibility index (Phi) is 3.75. The van der Waals surface area contributed by atoms with E-state index < -0.39 is 6.34 Å². The maximum Gasteiger partial charge on any atom is 0.209 e. The van der Waals surface area contributed by atoms with Crippen molar-refractivity contribution in [3.05, 3.63) is 60.7 Å². The fourth-order valence-corrected chi connectivity index (χ4v) is 5.71. The van der Waals surface area contributed by atoms with E-state index in [0.717, 1.165) is 21.2 Å².